The summed E-state index contributed by atoms with van der Waals surface area (Å²) in [5.41, 5.74) is 2.46. The molecule has 0 radical (unpaired) electrons. The molecule has 0 fully saturated rings. The molecule has 0 bridgehead atoms. The smallest absolute Gasteiger partial charge is 0.422 e. The van der Waals surface area contributed by atoms with Crippen molar-refractivity contribution in [2.45, 2.75) is 32.7 Å². The number of hydrogen-bond acceptors (Lipinski definition) is 2. The lowest BCUT2D eigenvalue weighted by atomic mass is 10.1. The molecule has 4 nitrogen and oxygen atoms in total. The first kappa shape index (κ1) is 12.7. The van der Waals surface area contributed by atoms with Crippen LogP contribution in [0, 0.1) is 0 Å². The predicted octanol–water partition coefficient (Wildman–Crippen LogP) is 2.05. The van der Waals surface area contributed by atoms with Crippen LogP contribution < -0.4 is 5.43 Å². The van der Waals surface area contributed by atoms with Crippen LogP contribution in [0.4, 0.5) is 4.79 Å². The Bertz CT molecular complexity index is 168. The van der Waals surface area contributed by atoms with Gasteiger partial charge in [0.05, 0.1) is 5.54 Å². The quantitative estimate of drug-likeness (QED) is 0.458. The summed E-state index contributed by atoms with van der Waals surface area (Å²) in [5.74, 6) is 0. The van der Waals surface area contributed by atoms with Crippen molar-refractivity contribution in [2.24, 2.45) is 0 Å². The van der Waals surface area contributed by atoms with E-state index in [9.17, 15) is 4.79 Å². The molecule has 0 aromatic carbocycles. The summed E-state index contributed by atoms with van der Waals surface area (Å²) in [6.07, 6.45) is -0.0399. The van der Waals surface area contributed by atoms with Gasteiger partial charge in [-0.15, -0.1) is 0 Å². The van der Waals surface area contributed by atoms with Gasteiger partial charge in [-0.1, -0.05) is 15.9 Å². The van der Waals surface area contributed by atoms with E-state index >= 15 is 0 Å². The maximum absolute atomic E-state index is 10.8. The fraction of sp³-hybridized carbons (Fsp3) is 0.875. The van der Waals surface area contributed by atoms with Crippen LogP contribution in [0.2, 0.25) is 0 Å². The topological polar surface area (TPSA) is 52.6 Å². The van der Waals surface area contributed by atoms with Crippen LogP contribution >= 0.6 is 15.9 Å². The first-order valence-electron chi connectivity index (χ1n) is 4.22. The van der Waals surface area contributed by atoms with E-state index in [-0.39, 0.29) is 0 Å². The van der Waals surface area contributed by atoms with Crippen molar-refractivity contribution in [3.8, 4) is 0 Å². The highest BCUT2D eigenvalue weighted by Crippen LogP contribution is 2.10. The maximum atomic E-state index is 10.8. The number of rotatable bonds is 4. The summed E-state index contributed by atoms with van der Waals surface area (Å²) in [5, 5.41) is 11.0. The van der Waals surface area contributed by atoms with E-state index in [2.05, 4.69) is 21.4 Å². The molecule has 0 aromatic rings. The molecule has 0 aliphatic rings. The van der Waals surface area contributed by atoms with Gasteiger partial charge in [0.1, 0.15) is 0 Å². The molecule has 0 aliphatic carbocycles. The van der Waals surface area contributed by atoms with Crippen molar-refractivity contribution in [2.75, 3.05) is 11.9 Å². The molecule has 0 heterocycles. The average Bonchev–Trinajstić information content (AvgIpc) is 1.94. The van der Waals surface area contributed by atoms with Crippen LogP contribution in [0.1, 0.15) is 27.2 Å². The minimum absolute atomic E-state index is 0.405. The lowest BCUT2D eigenvalue weighted by molar-refractivity contribution is 0.0647. The van der Waals surface area contributed by atoms with Gasteiger partial charge in [-0.05, 0) is 27.2 Å². The van der Waals surface area contributed by atoms with E-state index in [0.29, 0.717) is 6.54 Å². The third-order valence-corrected chi connectivity index (χ3v) is 2.00. The minimum Gasteiger partial charge on any atom is -0.464 e. The van der Waals surface area contributed by atoms with E-state index < -0.39 is 11.6 Å². The second kappa shape index (κ2) is 5.44. The molecule has 5 heteroatoms. The van der Waals surface area contributed by atoms with Gasteiger partial charge >= 0.3 is 6.09 Å². The van der Waals surface area contributed by atoms with E-state index in [1.165, 1.54) is 5.01 Å². The SMILES string of the molecule is CC(C)(C)N(NCCCBr)C(=O)O. The summed E-state index contributed by atoms with van der Waals surface area (Å²) in [4.78, 5) is 10.8. The van der Waals surface area contributed by atoms with Crippen LogP contribution in [0.5, 0.6) is 0 Å². The Kier molecular flexibility index (Phi) is 5.32. The zero-order valence-electron chi connectivity index (χ0n) is 8.30. The second-order valence-electron chi connectivity index (χ2n) is 3.74. The molecule has 0 atom stereocenters. The largest absolute Gasteiger partial charge is 0.464 e. The van der Waals surface area contributed by atoms with Crippen molar-refractivity contribution < 1.29 is 9.90 Å². The molecular formula is C8H17BrN2O2. The number of hydrazine groups is 1. The number of amides is 1. The van der Waals surface area contributed by atoms with Crippen molar-refractivity contribution in [3.05, 3.63) is 0 Å². The van der Waals surface area contributed by atoms with Crippen molar-refractivity contribution in [3.63, 3.8) is 0 Å². The van der Waals surface area contributed by atoms with Crippen molar-refractivity contribution >= 4 is 22.0 Å². The highest BCUT2D eigenvalue weighted by molar-refractivity contribution is 9.09. The Morgan fingerprint density at radius 1 is 1.54 bits per heavy atom. The van der Waals surface area contributed by atoms with Gasteiger partial charge in [0.2, 0.25) is 0 Å². The molecule has 0 saturated heterocycles. The fourth-order valence-corrected chi connectivity index (χ4v) is 1.13. The van der Waals surface area contributed by atoms with Gasteiger partial charge in [-0.3, -0.25) is 0 Å². The standard InChI is InChI=1S/C8H17BrN2O2/c1-8(2,3)11(7(12)13)10-6-4-5-9/h10H,4-6H2,1-3H3,(H,12,13). The van der Waals surface area contributed by atoms with Gasteiger partial charge < -0.3 is 5.11 Å². The molecule has 13 heavy (non-hydrogen) atoms. The number of carbonyl (C=O) groups is 1. The normalized spacial score (nSPS) is 11.4. The van der Waals surface area contributed by atoms with Crippen molar-refractivity contribution in [1.82, 2.24) is 10.4 Å². The van der Waals surface area contributed by atoms with Gasteiger partial charge in [0.15, 0.2) is 0 Å². The number of nitrogens with zero attached hydrogens (tertiary/aromatic N) is 1. The van der Waals surface area contributed by atoms with Crippen LogP contribution in [0.15, 0.2) is 0 Å². The molecule has 0 spiro atoms. The molecular weight excluding hydrogens is 236 g/mol. The summed E-state index contributed by atoms with van der Waals surface area (Å²) >= 11 is 3.28. The lowest BCUT2D eigenvalue weighted by Gasteiger charge is -2.33. The summed E-state index contributed by atoms with van der Waals surface area (Å²) < 4.78 is 0. The number of alkyl halides is 1. The Labute approximate surface area is 87.4 Å². The fourth-order valence-electron chi connectivity index (χ4n) is 0.849. The molecule has 1 amide bonds. The first-order valence-corrected chi connectivity index (χ1v) is 5.34. The van der Waals surface area contributed by atoms with E-state index in [0.717, 1.165) is 11.8 Å². The second-order valence-corrected chi connectivity index (χ2v) is 4.53. The maximum Gasteiger partial charge on any atom is 0.422 e. The van der Waals surface area contributed by atoms with Crippen LogP contribution in [-0.2, 0) is 0 Å². The van der Waals surface area contributed by atoms with Crippen LogP contribution in [-0.4, -0.2) is 33.6 Å². The van der Waals surface area contributed by atoms with Crippen molar-refractivity contribution in [1.29, 1.82) is 0 Å². The van der Waals surface area contributed by atoms with Crippen LogP contribution in [0.25, 0.3) is 0 Å². The summed E-state index contributed by atoms with van der Waals surface area (Å²) in [7, 11) is 0. The molecule has 2 N–H and O–H groups in total. The lowest BCUT2D eigenvalue weighted by Crippen LogP contribution is -2.53. The monoisotopic (exact) mass is 252 g/mol. The molecule has 0 aromatic heterocycles. The van der Waals surface area contributed by atoms with Crippen LogP contribution in [0.3, 0.4) is 0 Å². The summed E-state index contributed by atoms with van der Waals surface area (Å²) in [6, 6.07) is 0. The molecule has 78 valence electrons. The zero-order valence-corrected chi connectivity index (χ0v) is 9.89. The van der Waals surface area contributed by atoms with Gasteiger partial charge in [-0.2, -0.15) is 0 Å². The molecule has 0 rings (SSSR count). The molecule has 0 aliphatic heterocycles. The molecule has 0 saturated carbocycles. The van der Waals surface area contributed by atoms with Gasteiger partial charge in [-0.25, -0.2) is 15.2 Å². The minimum atomic E-state index is -0.943. The van der Waals surface area contributed by atoms with E-state index in [1.807, 2.05) is 20.8 Å². The highest BCUT2D eigenvalue weighted by atomic mass is 79.9. The average molecular weight is 253 g/mol. The Morgan fingerprint density at radius 2 is 2.08 bits per heavy atom. The van der Waals surface area contributed by atoms with E-state index in [1.54, 1.807) is 0 Å². The molecule has 0 unspecified atom stereocenters. The first-order chi connectivity index (χ1) is 5.89. The van der Waals surface area contributed by atoms with E-state index in [4.69, 9.17) is 5.11 Å². The van der Waals surface area contributed by atoms with Gasteiger partial charge in [0.25, 0.3) is 0 Å². The summed E-state index contributed by atoms with van der Waals surface area (Å²) in [6.45, 7) is 6.21. The Morgan fingerprint density at radius 3 is 2.38 bits per heavy atom. The van der Waals surface area contributed by atoms with Gasteiger partial charge in [0, 0.05) is 11.9 Å². The number of carboxylic acid groups (broad SMARTS) is 1. The predicted molar refractivity (Wildman–Crippen MR) is 56.0 cm³/mol. The number of hydrogen-bond donors (Lipinski definition) is 2. The Hall–Kier alpha value is -0.290. The zero-order chi connectivity index (χ0) is 10.5. The Balaban J connectivity index is 4.04. The third-order valence-electron chi connectivity index (χ3n) is 1.44. The third kappa shape index (κ3) is 5.10. The number of halogens is 1. The highest BCUT2D eigenvalue weighted by Gasteiger charge is 2.25. The number of nitrogens with one attached hydrogen (secondary N) is 1.